The normalized spacial score (nSPS) is 9.52. The van der Waals surface area contributed by atoms with Crippen molar-refractivity contribution in [3.63, 3.8) is 0 Å². The SMILES string of the molecule is CC(C)(C)[NH-].C[Si]C.Cc1cc2c(Cl)cc(Cl)cc2[cH-]1.[Cl][Zr+2][Cl]. The molecule has 1 nitrogen and oxygen atoms in total. The fourth-order valence-electron chi connectivity index (χ4n) is 1.39. The van der Waals surface area contributed by atoms with Crippen LogP contribution >= 0.6 is 40.2 Å². The summed E-state index contributed by atoms with van der Waals surface area (Å²) in [6.45, 7) is 11.9. The molecule has 2 rings (SSSR count). The average Bonchev–Trinajstić information content (AvgIpc) is 2.69. The first-order chi connectivity index (χ1) is 10.5. The molecular weight excluding hydrogens is 467 g/mol. The summed E-state index contributed by atoms with van der Waals surface area (Å²) in [5.41, 5.74) is 7.90. The molecule has 0 aliphatic carbocycles. The van der Waals surface area contributed by atoms with Crippen molar-refractivity contribution >= 4 is 60.5 Å². The molecule has 2 aromatic rings. The van der Waals surface area contributed by atoms with Crippen LogP contribution in [-0.4, -0.2) is 15.1 Å². The molecule has 2 aromatic carbocycles. The van der Waals surface area contributed by atoms with E-state index in [1.54, 1.807) is 6.07 Å². The molecule has 0 unspecified atom stereocenters. The summed E-state index contributed by atoms with van der Waals surface area (Å²) in [6, 6.07) is 7.84. The second kappa shape index (κ2) is 14.2. The molecule has 0 aromatic heterocycles. The molecule has 0 saturated carbocycles. The van der Waals surface area contributed by atoms with Crippen LogP contribution in [0.15, 0.2) is 24.3 Å². The fourth-order valence-corrected chi connectivity index (χ4v) is 1.95. The summed E-state index contributed by atoms with van der Waals surface area (Å²) in [7, 11) is 11.0. The molecule has 0 fully saturated rings. The number of hydrogen-bond acceptors (Lipinski definition) is 0. The molecule has 7 heteroatoms. The van der Waals surface area contributed by atoms with Gasteiger partial charge in [0.1, 0.15) is 0 Å². The van der Waals surface area contributed by atoms with Gasteiger partial charge in [-0.1, -0.05) is 64.0 Å². The molecule has 2 radical (unpaired) electrons. The Morgan fingerprint density at radius 2 is 1.48 bits per heavy atom. The third-order valence-corrected chi connectivity index (χ3v) is 2.41. The van der Waals surface area contributed by atoms with Gasteiger partial charge in [0.2, 0.25) is 0 Å². The van der Waals surface area contributed by atoms with Crippen molar-refractivity contribution in [2.45, 2.75) is 46.3 Å². The number of rotatable bonds is 0. The second-order valence-electron chi connectivity index (χ2n) is 5.74. The third kappa shape index (κ3) is 16.3. The van der Waals surface area contributed by atoms with Crippen LogP contribution in [0, 0.1) is 6.92 Å². The fraction of sp³-hybridized carbons (Fsp3) is 0.438. The predicted molar refractivity (Wildman–Crippen MR) is 108 cm³/mol. The van der Waals surface area contributed by atoms with Gasteiger partial charge in [-0.15, -0.1) is 34.0 Å². The number of benzene rings is 1. The number of halogens is 4. The Bertz CT molecular complexity index is 545. The number of aryl methyl sites for hydroxylation is 1. The molecule has 23 heavy (non-hydrogen) atoms. The molecule has 128 valence electrons. The maximum atomic E-state index is 6.94. The van der Waals surface area contributed by atoms with Crippen molar-refractivity contribution in [1.29, 1.82) is 0 Å². The summed E-state index contributed by atoms with van der Waals surface area (Å²) < 4.78 is 0. The zero-order valence-electron chi connectivity index (χ0n) is 14.3. The summed E-state index contributed by atoms with van der Waals surface area (Å²) >= 11 is 11.0. The third-order valence-electron chi connectivity index (χ3n) is 1.88. The van der Waals surface area contributed by atoms with Crippen LogP contribution < -0.4 is 0 Å². The van der Waals surface area contributed by atoms with Gasteiger partial charge in [-0.2, -0.15) is 6.07 Å². The van der Waals surface area contributed by atoms with Crippen molar-refractivity contribution in [2.24, 2.45) is 0 Å². The van der Waals surface area contributed by atoms with E-state index in [1.807, 2.05) is 33.8 Å². The van der Waals surface area contributed by atoms with Crippen LogP contribution in [-0.2, 0) is 20.8 Å². The minimum absolute atomic E-state index is 0.250. The summed E-state index contributed by atoms with van der Waals surface area (Å²) in [6.07, 6.45) is 0. The van der Waals surface area contributed by atoms with Crippen LogP contribution in [0.4, 0.5) is 0 Å². The first-order valence-electron chi connectivity index (χ1n) is 6.82. The molecule has 0 amide bonds. The molecule has 0 heterocycles. The van der Waals surface area contributed by atoms with Gasteiger partial charge in [-0.25, -0.2) is 0 Å². The first-order valence-corrected chi connectivity index (χ1v) is 15.9. The van der Waals surface area contributed by atoms with Crippen molar-refractivity contribution in [3.8, 4) is 0 Å². The molecule has 0 aliphatic heterocycles. The van der Waals surface area contributed by atoms with E-state index in [4.69, 9.17) is 46.0 Å². The van der Waals surface area contributed by atoms with E-state index < -0.39 is 20.8 Å². The molecule has 0 spiro atoms. The Hall–Kier alpha value is 1.05. The van der Waals surface area contributed by atoms with Gasteiger partial charge < -0.3 is 5.73 Å². The Morgan fingerprint density at radius 1 is 1.09 bits per heavy atom. The van der Waals surface area contributed by atoms with Crippen molar-refractivity contribution < 1.29 is 20.8 Å². The number of hydrogen-bond donors (Lipinski definition) is 0. The zero-order valence-corrected chi connectivity index (χ0v) is 20.8. The number of nitrogens with one attached hydrogen (secondary N) is 1. The topological polar surface area (TPSA) is 23.8 Å². The van der Waals surface area contributed by atoms with Crippen LogP contribution in [0.3, 0.4) is 0 Å². The van der Waals surface area contributed by atoms with Gasteiger partial charge in [0.15, 0.2) is 0 Å². The minimum atomic E-state index is -0.826. The molecule has 0 saturated heterocycles. The average molecular weight is 490 g/mol. The molecule has 1 N–H and O–H groups in total. The second-order valence-corrected chi connectivity index (χ2v) is 11.3. The predicted octanol–water partition coefficient (Wildman–Crippen LogP) is 8.17. The molecule has 0 aliphatic rings. The van der Waals surface area contributed by atoms with E-state index in [2.05, 4.69) is 25.2 Å². The first kappa shape index (κ1) is 26.3. The van der Waals surface area contributed by atoms with E-state index in [1.165, 1.54) is 5.56 Å². The van der Waals surface area contributed by atoms with Crippen molar-refractivity contribution in [3.05, 3.63) is 45.6 Å². The standard InChI is InChI=1S/C10H7Cl2.C4H10N.C2H6Si.2ClH.Zr/c1-6-2-7-4-8(11)5-10(12)9(7)3-6;1-4(2,3)5;1-3-2;;;/h2-5H,1H3;5H,1-3H3;1-2H3;2*1H;/q2*-1;;;;+4/p-2. The van der Waals surface area contributed by atoms with Gasteiger partial charge in [0, 0.05) is 14.5 Å². The van der Waals surface area contributed by atoms with E-state index in [0.717, 1.165) is 25.3 Å². The Kier molecular flexibility index (Phi) is 16.3. The Labute approximate surface area is 172 Å². The van der Waals surface area contributed by atoms with E-state index in [9.17, 15) is 0 Å². The van der Waals surface area contributed by atoms with Crippen LogP contribution in [0.25, 0.3) is 16.5 Å². The number of fused-ring (bicyclic) bond motifs is 1. The van der Waals surface area contributed by atoms with E-state index >= 15 is 0 Å². The Balaban J connectivity index is 0. The summed E-state index contributed by atoms with van der Waals surface area (Å²) in [4.78, 5) is 0. The van der Waals surface area contributed by atoms with Gasteiger partial charge in [0.05, 0.1) is 0 Å². The van der Waals surface area contributed by atoms with E-state index in [-0.39, 0.29) is 5.54 Å². The quantitative estimate of drug-likeness (QED) is 0.263. The summed E-state index contributed by atoms with van der Waals surface area (Å²) in [5.74, 6) is 0. The Morgan fingerprint density at radius 3 is 1.87 bits per heavy atom. The van der Waals surface area contributed by atoms with Gasteiger partial charge in [0.25, 0.3) is 0 Å². The van der Waals surface area contributed by atoms with Gasteiger partial charge in [-0.3, -0.25) is 0 Å². The van der Waals surface area contributed by atoms with Crippen LogP contribution in [0.1, 0.15) is 26.3 Å². The molecular formula is C16H23Cl4NSiZr. The van der Waals surface area contributed by atoms with Crippen LogP contribution in [0.2, 0.25) is 23.1 Å². The van der Waals surface area contributed by atoms with Gasteiger partial charge >= 0.3 is 37.9 Å². The molecule has 0 bridgehead atoms. The van der Waals surface area contributed by atoms with E-state index in [0.29, 0.717) is 5.02 Å². The van der Waals surface area contributed by atoms with Crippen molar-refractivity contribution in [2.75, 3.05) is 0 Å². The van der Waals surface area contributed by atoms with Crippen molar-refractivity contribution in [1.82, 2.24) is 0 Å². The van der Waals surface area contributed by atoms with Crippen LogP contribution in [0.5, 0.6) is 0 Å². The summed E-state index contributed by atoms with van der Waals surface area (Å²) in [5, 5.41) is 3.62. The van der Waals surface area contributed by atoms with Gasteiger partial charge in [-0.05, 0) is 11.1 Å². The maximum absolute atomic E-state index is 6.94. The monoisotopic (exact) mass is 487 g/mol. The molecule has 0 atom stereocenters. The zero-order chi connectivity index (χ0) is 18.6.